The third-order valence-electron chi connectivity index (χ3n) is 3.99. The summed E-state index contributed by atoms with van der Waals surface area (Å²) in [6.45, 7) is 4.45. The Labute approximate surface area is 105 Å². The van der Waals surface area contributed by atoms with Gasteiger partial charge < -0.3 is 5.32 Å². The molecule has 0 aliphatic heterocycles. The van der Waals surface area contributed by atoms with Crippen LogP contribution in [0.1, 0.15) is 50.0 Å². The second-order valence-electron chi connectivity index (χ2n) is 5.50. The smallest absolute Gasteiger partial charge is 0.0579 e. The van der Waals surface area contributed by atoms with E-state index in [2.05, 4.69) is 49.4 Å². The number of hydrogen-bond donors (Lipinski definition) is 1. The SMILES string of the molecule is CNC(c1cccc(C)n1)C1CCCC(C)C1. The fourth-order valence-electron chi connectivity index (χ4n) is 3.15. The molecule has 1 aromatic heterocycles. The molecular formula is C15H24N2. The average Bonchev–Trinajstić information content (AvgIpc) is 2.30. The van der Waals surface area contributed by atoms with Crippen LogP contribution in [-0.4, -0.2) is 12.0 Å². The van der Waals surface area contributed by atoms with Gasteiger partial charge in [-0.05, 0) is 50.8 Å². The first-order valence-electron chi connectivity index (χ1n) is 6.81. The molecule has 2 heteroatoms. The molecule has 1 fully saturated rings. The summed E-state index contributed by atoms with van der Waals surface area (Å²) in [5.74, 6) is 1.62. The van der Waals surface area contributed by atoms with Gasteiger partial charge in [-0.25, -0.2) is 0 Å². The summed E-state index contributed by atoms with van der Waals surface area (Å²) in [5, 5.41) is 3.47. The quantitative estimate of drug-likeness (QED) is 0.863. The minimum absolute atomic E-state index is 0.428. The largest absolute Gasteiger partial charge is 0.311 e. The third kappa shape index (κ3) is 3.06. The molecule has 3 unspecified atom stereocenters. The Morgan fingerprint density at radius 1 is 1.35 bits per heavy atom. The molecule has 0 spiro atoms. The Bertz CT molecular complexity index is 362. The molecule has 3 atom stereocenters. The van der Waals surface area contributed by atoms with Crippen molar-refractivity contribution in [2.75, 3.05) is 7.05 Å². The van der Waals surface area contributed by atoms with Crippen LogP contribution in [0.15, 0.2) is 18.2 Å². The molecule has 2 nitrogen and oxygen atoms in total. The van der Waals surface area contributed by atoms with Crippen LogP contribution in [-0.2, 0) is 0 Å². The van der Waals surface area contributed by atoms with E-state index in [1.54, 1.807) is 0 Å². The van der Waals surface area contributed by atoms with Crippen LogP contribution >= 0.6 is 0 Å². The molecular weight excluding hydrogens is 208 g/mol. The molecule has 1 heterocycles. The lowest BCUT2D eigenvalue weighted by Crippen LogP contribution is -2.29. The Morgan fingerprint density at radius 3 is 2.82 bits per heavy atom. The number of hydrogen-bond acceptors (Lipinski definition) is 2. The maximum absolute atomic E-state index is 4.68. The number of nitrogens with one attached hydrogen (secondary N) is 1. The summed E-state index contributed by atoms with van der Waals surface area (Å²) >= 11 is 0. The van der Waals surface area contributed by atoms with Crippen LogP contribution in [0.2, 0.25) is 0 Å². The topological polar surface area (TPSA) is 24.9 Å². The zero-order valence-corrected chi connectivity index (χ0v) is 11.2. The molecule has 1 N–H and O–H groups in total. The van der Waals surface area contributed by atoms with Gasteiger partial charge in [-0.1, -0.05) is 25.8 Å². The standard InChI is InChI=1S/C15H24N2/c1-11-6-4-8-13(10-11)15(16-3)14-9-5-7-12(2)17-14/h5,7,9,11,13,15-16H,4,6,8,10H2,1-3H3. The van der Waals surface area contributed by atoms with Crippen molar-refractivity contribution < 1.29 is 0 Å². The van der Waals surface area contributed by atoms with Crippen molar-refractivity contribution in [3.8, 4) is 0 Å². The van der Waals surface area contributed by atoms with Gasteiger partial charge in [-0.3, -0.25) is 4.98 Å². The van der Waals surface area contributed by atoms with Crippen molar-refractivity contribution >= 4 is 0 Å². The Balaban J connectivity index is 2.15. The molecule has 1 aliphatic carbocycles. The van der Waals surface area contributed by atoms with Crippen LogP contribution in [0.4, 0.5) is 0 Å². The fraction of sp³-hybridized carbons (Fsp3) is 0.667. The molecule has 94 valence electrons. The van der Waals surface area contributed by atoms with Gasteiger partial charge >= 0.3 is 0 Å². The second kappa shape index (κ2) is 5.63. The summed E-state index contributed by atoms with van der Waals surface area (Å²) in [6, 6.07) is 6.78. The predicted octanol–water partition coefficient (Wildman–Crippen LogP) is 3.48. The normalized spacial score (nSPS) is 26.8. The van der Waals surface area contributed by atoms with E-state index in [4.69, 9.17) is 0 Å². The van der Waals surface area contributed by atoms with Gasteiger partial charge in [0.1, 0.15) is 0 Å². The average molecular weight is 232 g/mol. The van der Waals surface area contributed by atoms with Crippen LogP contribution in [0.3, 0.4) is 0 Å². The first-order chi connectivity index (χ1) is 8.20. The highest BCUT2D eigenvalue weighted by molar-refractivity contribution is 5.14. The third-order valence-corrected chi connectivity index (χ3v) is 3.99. The molecule has 1 aromatic rings. The molecule has 1 aliphatic rings. The van der Waals surface area contributed by atoms with Gasteiger partial charge in [-0.15, -0.1) is 0 Å². The van der Waals surface area contributed by atoms with Crippen molar-refractivity contribution in [1.82, 2.24) is 10.3 Å². The Hall–Kier alpha value is -0.890. The number of pyridine rings is 1. The van der Waals surface area contributed by atoms with Crippen molar-refractivity contribution in [3.05, 3.63) is 29.6 Å². The van der Waals surface area contributed by atoms with E-state index in [0.717, 1.165) is 17.5 Å². The van der Waals surface area contributed by atoms with Crippen molar-refractivity contribution in [3.63, 3.8) is 0 Å². The lowest BCUT2D eigenvalue weighted by atomic mass is 9.77. The van der Waals surface area contributed by atoms with E-state index < -0.39 is 0 Å². The zero-order chi connectivity index (χ0) is 12.3. The summed E-state index contributed by atoms with van der Waals surface area (Å²) in [6.07, 6.45) is 5.44. The maximum Gasteiger partial charge on any atom is 0.0579 e. The highest BCUT2D eigenvalue weighted by Gasteiger charge is 2.27. The molecule has 2 rings (SSSR count). The lowest BCUT2D eigenvalue weighted by molar-refractivity contribution is 0.227. The van der Waals surface area contributed by atoms with Gasteiger partial charge in [0.05, 0.1) is 11.7 Å². The fourth-order valence-corrected chi connectivity index (χ4v) is 3.15. The van der Waals surface area contributed by atoms with Gasteiger partial charge in [0.2, 0.25) is 0 Å². The van der Waals surface area contributed by atoms with Gasteiger partial charge in [0, 0.05) is 5.69 Å². The van der Waals surface area contributed by atoms with Crippen molar-refractivity contribution in [2.24, 2.45) is 11.8 Å². The van der Waals surface area contributed by atoms with E-state index in [9.17, 15) is 0 Å². The molecule has 0 saturated heterocycles. The minimum atomic E-state index is 0.428. The van der Waals surface area contributed by atoms with E-state index in [1.807, 2.05) is 0 Å². The molecule has 0 bridgehead atoms. The summed E-state index contributed by atoms with van der Waals surface area (Å²) in [7, 11) is 2.06. The highest BCUT2D eigenvalue weighted by atomic mass is 14.9. The van der Waals surface area contributed by atoms with E-state index in [-0.39, 0.29) is 0 Å². The molecule has 1 saturated carbocycles. The Kier molecular flexibility index (Phi) is 4.16. The minimum Gasteiger partial charge on any atom is -0.311 e. The van der Waals surface area contributed by atoms with E-state index >= 15 is 0 Å². The Morgan fingerprint density at radius 2 is 2.18 bits per heavy atom. The van der Waals surface area contributed by atoms with Crippen LogP contribution < -0.4 is 5.32 Å². The lowest BCUT2D eigenvalue weighted by Gasteiger charge is -2.33. The van der Waals surface area contributed by atoms with E-state index in [1.165, 1.54) is 31.4 Å². The summed E-state index contributed by atoms with van der Waals surface area (Å²) in [5.41, 5.74) is 2.33. The van der Waals surface area contributed by atoms with E-state index in [0.29, 0.717) is 6.04 Å². The maximum atomic E-state index is 4.68. The number of nitrogens with zero attached hydrogens (tertiary/aromatic N) is 1. The zero-order valence-electron chi connectivity index (χ0n) is 11.2. The highest BCUT2D eigenvalue weighted by Crippen LogP contribution is 2.36. The number of aromatic nitrogens is 1. The molecule has 0 aromatic carbocycles. The van der Waals surface area contributed by atoms with Gasteiger partial charge in [0.15, 0.2) is 0 Å². The molecule has 0 amide bonds. The van der Waals surface area contributed by atoms with Crippen LogP contribution in [0.25, 0.3) is 0 Å². The van der Waals surface area contributed by atoms with Crippen molar-refractivity contribution in [1.29, 1.82) is 0 Å². The summed E-state index contributed by atoms with van der Waals surface area (Å²) in [4.78, 5) is 4.68. The second-order valence-corrected chi connectivity index (χ2v) is 5.50. The summed E-state index contributed by atoms with van der Waals surface area (Å²) < 4.78 is 0. The van der Waals surface area contributed by atoms with Crippen LogP contribution in [0, 0.1) is 18.8 Å². The monoisotopic (exact) mass is 232 g/mol. The first kappa shape index (κ1) is 12.6. The van der Waals surface area contributed by atoms with Crippen LogP contribution in [0.5, 0.6) is 0 Å². The molecule has 17 heavy (non-hydrogen) atoms. The number of rotatable bonds is 3. The molecule has 0 radical (unpaired) electrons. The van der Waals surface area contributed by atoms with Gasteiger partial charge in [0.25, 0.3) is 0 Å². The van der Waals surface area contributed by atoms with Gasteiger partial charge in [-0.2, -0.15) is 0 Å². The first-order valence-corrected chi connectivity index (χ1v) is 6.81. The van der Waals surface area contributed by atoms with Crippen molar-refractivity contribution in [2.45, 2.75) is 45.6 Å². The number of aryl methyl sites for hydroxylation is 1. The predicted molar refractivity (Wildman–Crippen MR) is 71.9 cm³/mol.